The van der Waals surface area contributed by atoms with Crippen molar-refractivity contribution in [1.29, 1.82) is 0 Å². The van der Waals surface area contributed by atoms with E-state index in [1.54, 1.807) is 18.2 Å². The fourth-order valence-electron chi connectivity index (χ4n) is 3.10. The third-order valence-electron chi connectivity index (χ3n) is 4.74. The summed E-state index contributed by atoms with van der Waals surface area (Å²) in [6.45, 7) is 0.192. The number of benzene rings is 2. The van der Waals surface area contributed by atoms with Crippen molar-refractivity contribution in [2.45, 2.75) is 44.6 Å². The largest absolute Gasteiger partial charge is 0.573 e. The normalized spacial score (nSPS) is 13.3. The minimum absolute atomic E-state index is 0.126. The molecule has 2 aromatic rings. The SMILES string of the molecule is COC(CCCOc1ccccc1CCc1cccc(OC(F)(F)F)c1)N(C)C(F)(F)F. The first-order chi connectivity index (χ1) is 15.0. The lowest BCUT2D eigenvalue weighted by molar-refractivity contribution is -0.279. The molecule has 10 heteroatoms. The van der Waals surface area contributed by atoms with E-state index in [1.165, 1.54) is 25.3 Å². The van der Waals surface area contributed by atoms with Crippen molar-refractivity contribution in [3.05, 3.63) is 59.7 Å². The van der Waals surface area contributed by atoms with E-state index in [-0.39, 0.29) is 23.7 Å². The van der Waals surface area contributed by atoms with Gasteiger partial charge in [-0.15, -0.1) is 13.2 Å². The molecule has 0 aliphatic carbocycles. The minimum atomic E-state index is -4.75. The van der Waals surface area contributed by atoms with Gasteiger partial charge >= 0.3 is 12.7 Å². The highest BCUT2D eigenvalue weighted by Gasteiger charge is 2.38. The second kappa shape index (κ2) is 11.4. The van der Waals surface area contributed by atoms with Crippen molar-refractivity contribution < 1.29 is 40.6 Å². The van der Waals surface area contributed by atoms with Gasteiger partial charge < -0.3 is 14.2 Å². The maximum Gasteiger partial charge on any atom is 0.573 e. The first kappa shape index (κ1) is 25.8. The molecule has 0 bridgehead atoms. The summed E-state index contributed by atoms with van der Waals surface area (Å²) in [5, 5.41) is 0. The maximum absolute atomic E-state index is 12.8. The average Bonchev–Trinajstić information content (AvgIpc) is 2.71. The molecule has 1 unspecified atom stereocenters. The van der Waals surface area contributed by atoms with E-state index in [0.717, 1.165) is 12.6 Å². The number of hydrogen-bond donors (Lipinski definition) is 0. The molecular weight excluding hydrogens is 440 g/mol. The molecule has 0 saturated heterocycles. The van der Waals surface area contributed by atoms with E-state index in [4.69, 9.17) is 9.47 Å². The molecule has 0 aliphatic rings. The molecule has 0 aliphatic heterocycles. The lowest BCUT2D eigenvalue weighted by atomic mass is 10.0. The van der Waals surface area contributed by atoms with Crippen LogP contribution in [0.15, 0.2) is 48.5 Å². The second-order valence-electron chi connectivity index (χ2n) is 7.06. The third kappa shape index (κ3) is 8.58. The van der Waals surface area contributed by atoms with Crippen molar-refractivity contribution in [3.63, 3.8) is 0 Å². The molecule has 0 spiro atoms. The minimum Gasteiger partial charge on any atom is -0.493 e. The van der Waals surface area contributed by atoms with Crippen molar-refractivity contribution in [3.8, 4) is 11.5 Å². The summed E-state index contributed by atoms with van der Waals surface area (Å²) in [7, 11) is 2.15. The lowest BCUT2D eigenvalue weighted by Crippen LogP contribution is -2.43. The van der Waals surface area contributed by atoms with Crippen LogP contribution in [0.4, 0.5) is 26.3 Å². The summed E-state index contributed by atoms with van der Waals surface area (Å²) < 4.78 is 90.2. The number of aryl methyl sites for hydroxylation is 2. The Labute approximate surface area is 182 Å². The quantitative estimate of drug-likeness (QED) is 0.178. The van der Waals surface area contributed by atoms with Crippen LogP contribution in [-0.4, -0.2) is 44.6 Å². The molecule has 178 valence electrons. The summed E-state index contributed by atoms with van der Waals surface area (Å²) in [6, 6.07) is 12.9. The Hall–Kier alpha value is -2.46. The number of para-hydroxylation sites is 1. The molecule has 0 radical (unpaired) electrons. The van der Waals surface area contributed by atoms with E-state index < -0.39 is 18.9 Å². The Morgan fingerprint density at radius 2 is 1.66 bits per heavy atom. The maximum atomic E-state index is 12.8. The Bertz CT molecular complexity index is 841. The molecule has 0 fully saturated rings. The van der Waals surface area contributed by atoms with Gasteiger partial charge in [-0.1, -0.05) is 30.3 Å². The summed E-state index contributed by atoms with van der Waals surface area (Å²) in [6.07, 6.45) is -8.93. The Kier molecular flexibility index (Phi) is 9.21. The van der Waals surface area contributed by atoms with E-state index in [2.05, 4.69) is 4.74 Å². The fourth-order valence-corrected chi connectivity index (χ4v) is 3.10. The zero-order valence-electron chi connectivity index (χ0n) is 17.7. The van der Waals surface area contributed by atoms with Crippen LogP contribution in [-0.2, 0) is 17.6 Å². The monoisotopic (exact) mass is 465 g/mol. The molecule has 0 amide bonds. The Morgan fingerprint density at radius 1 is 0.938 bits per heavy atom. The number of hydrogen-bond acceptors (Lipinski definition) is 4. The smallest absolute Gasteiger partial charge is 0.493 e. The van der Waals surface area contributed by atoms with Gasteiger partial charge in [0.2, 0.25) is 0 Å². The van der Waals surface area contributed by atoms with E-state index in [0.29, 0.717) is 30.6 Å². The zero-order valence-corrected chi connectivity index (χ0v) is 17.7. The topological polar surface area (TPSA) is 30.9 Å². The van der Waals surface area contributed by atoms with Gasteiger partial charge in [0.15, 0.2) is 0 Å². The number of ether oxygens (including phenoxy) is 3. The van der Waals surface area contributed by atoms with E-state index in [9.17, 15) is 26.3 Å². The highest BCUT2D eigenvalue weighted by Crippen LogP contribution is 2.26. The standard InChI is InChI=1S/C22H25F6NO3/c1-29(21(23,24)25)20(30-2)11-6-14-31-19-10-4-3-8-17(19)13-12-16-7-5-9-18(15-16)32-22(26,27)28/h3-5,7-10,15,20H,6,11-14H2,1-2H3. The Morgan fingerprint density at radius 3 is 2.31 bits per heavy atom. The van der Waals surface area contributed by atoms with Crippen molar-refractivity contribution in [2.24, 2.45) is 0 Å². The summed E-state index contributed by atoms with van der Waals surface area (Å²) in [4.78, 5) is 0.206. The number of halogens is 6. The summed E-state index contributed by atoms with van der Waals surface area (Å²) >= 11 is 0. The summed E-state index contributed by atoms with van der Waals surface area (Å²) in [5.74, 6) is 0.296. The van der Waals surface area contributed by atoms with Gasteiger partial charge in [-0.3, -0.25) is 0 Å². The predicted octanol–water partition coefficient (Wildman–Crippen LogP) is 5.95. The van der Waals surface area contributed by atoms with Crippen LogP contribution >= 0.6 is 0 Å². The molecule has 1 atom stereocenters. The lowest BCUT2D eigenvalue weighted by Gasteiger charge is -2.28. The van der Waals surface area contributed by atoms with E-state index in [1.807, 2.05) is 12.1 Å². The Balaban J connectivity index is 1.90. The predicted molar refractivity (Wildman–Crippen MR) is 106 cm³/mol. The van der Waals surface area contributed by atoms with Crippen LogP contribution < -0.4 is 9.47 Å². The number of rotatable bonds is 11. The molecule has 4 nitrogen and oxygen atoms in total. The van der Waals surface area contributed by atoms with Crippen molar-refractivity contribution in [2.75, 3.05) is 20.8 Å². The molecule has 2 aromatic carbocycles. The van der Waals surface area contributed by atoms with Gasteiger partial charge in [-0.05, 0) is 62.1 Å². The molecule has 2 rings (SSSR count). The molecule has 32 heavy (non-hydrogen) atoms. The molecule has 0 aromatic heterocycles. The second-order valence-corrected chi connectivity index (χ2v) is 7.06. The molecular formula is C22H25F6NO3. The van der Waals surface area contributed by atoms with Crippen LogP contribution in [0.3, 0.4) is 0 Å². The van der Waals surface area contributed by atoms with Crippen LogP contribution in [0.2, 0.25) is 0 Å². The number of nitrogens with zero attached hydrogens (tertiary/aromatic N) is 1. The number of methoxy groups -OCH3 is 1. The van der Waals surface area contributed by atoms with Gasteiger partial charge in [0, 0.05) is 7.11 Å². The molecule has 0 saturated carbocycles. The van der Waals surface area contributed by atoms with Gasteiger partial charge in [0.1, 0.15) is 17.7 Å². The average molecular weight is 465 g/mol. The van der Waals surface area contributed by atoms with Crippen molar-refractivity contribution in [1.82, 2.24) is 4.90 Å². The van der Waals surface area contributed by atoms with E-state index >= 15 is 0 Å². The first-order valence-electron chi connectivity index (χ1n) is 9.87. The third-order valence-corrected chi connectivity index (χ3v) is 4.74. The highest BCUT2D eigenvalue weighted by atomic mass is 19.4. The van der Waals surface area contributed by atoms with Gasteiger partial charge in [-0.25, -0.2) is 0 Å². The summed E-state index contributed by atoms with van der Waals surface area (Å²) in [5.41, 5.74) is 1.50. The van der Waals surface area contributed by atoms with Gasteiger partial charge in [0.05, 0.1) is 6.61 Å². The van der Waals surface area contributed by atoms with Crippen LogP contribution in [0, 0.1) is 0 Å². The first-order valence-corrected chi connectivity index (χ1v) is 9.87. The zero-order chi connectivity index (χ0) is 23.8. The van der Waals surface area contributed by atoms with Gasteiger partial charge in [-0.2, -0.15) is 18.1 Å². The fraction of sp³-hybridized carbons (Fsp3) is 0.455. The van der Waals surface area contributed by atoms with Crippen LogP contribution in [0.1, 0.15) is 24.0 Å². The molecule has 0 N–H and O–H groups in total. The number of alkyl halides is 6. The molecule has 0 heterocycles. The van der Waals surface area contributed by atoms with Crippen molar-refractivity contribution >= 4 is 0 Å². The highest BCUT2D eigenvalue weighted by molar-refractivity contribution is 5.35. The van der Waals surface area contributed by atoms with Crippen LogP contribution in [0.5, 0.6) is 11.5 Å². The van der Waals surface area contributed by atoms with Crippen LogP contribution in [0.25, 0.3) is 0 Å². The van der Waals surface area contributed by atoms with Gasteiger partial charge in [0.25, 0.3) is 0 Å².